The van der Waals surface area contributed by atoms with E-state index in [-0.39, 0.29) is 0 Å². The summed E-state index contributed by atoms with van der Waals surface area (Å²) in [4.78, 5) is 31.3. The highest BCUT2D eigenvalue weighted by Crippen LogP contribution is 2.48. The van der Waals surface area contributed by atoms with Crippen LogP contribution in [0.25, 0.3) is 242 Å². The van der Waals surface area contributed by atoms with Crippen LogP contribution in [0.15, 0.2) is 397 Å². The Labute approximate surface area is 684 Å². The molecule has 119 heavy (non-hydrogen) atoms. The van der Waals surface area contributed by atoms with Gasteiger partial charge in [-0.3, -0.25) is 0 Å². The van der Waals surface area contributed by atoms with Gasteiger partial charge in [-0.15, -0.1) is 11.3 Å². The molecule has 0 amide bonds. The summed E-state index contributed by atoms with van der Waals surface area (Å²) in [6.07, 6.45) is 0. The minimum absolute atomic E-state index is 0.594. The molecule has 0 aliphatic rings. The highest BCUT2D eigenvalue weighted by atomic mass is 32.1. The molecule has 0 spiro atoms. The summed E-state index contributed by atoms with van der Waals surface area (Å²) in [6, 6.07) is 136. The molecule has 0 atom stereocenters. The van der Waals surface area contributed by atoms with E-state index in [4.69, 9.17) is 38.7 Å². The van der Waals surface area contributed by atoms with Crippen LogP contribution in [0.4, 0.5) is 0 Å². The van der Waals surface area contributed by atoms with E-state index < -0.39 is 0 Å². The molecule has 18 aromatic carbocycles. The van der Waals surface area contributed by atoms with Crippen molar-refractivity contribution in [3.8, 4) is 102 Å². The van der Waals surface area contributed by atoms with Gasteiger partial charge in [-0.05, 0) is 122 Å². The maximum atomic E-state index is 6.99. The molecular weight excluding hydrogens is 1470 g/mol. The summed E-state index contributed by atoms with van der Waals surface area (Å²) in [7, 11) is 0. The molecule has 0 radical (unpaired) electrons. The molecule has 0 saturated heterocycles. The normalized spacial score (nSPS) is 11.9. The summed E-state index contributed by atoms with van der Waals surface area (Å²) >= 11 is 1.79. The van der Waals surface area contributed by atoms with Crippen molar-refractivity contribution in [3.63, 3.8) is 0 Å². The Balaban J connectivity index is 0.000000136. The summed E-state index contributed by atoms with van der Waals surface area (Å²) in [5.74, 6) is 3.69. The van der Waals surface area contributed by atoms with Gasteiger partial charge >= 0.3 is 0 Å². The lowest BCUT2D eigenvalue weighted by Crippen LogP contribution is -2.03. The Kier molecular flexibility index (Phi) is 15.6. The van der Waals surface area contributed by atoms with E-state index in [0.29, 0.717) is 34.9 Å². The van der Waals surface area contributed by atoms with Gasteiger partial charge in [0.2, 0.25) is 0 Å². The quantitative estimate of drug-likeness (QED) is 0.124. The summed E-state index contributed by atoms with van der Waals surface area (Å²) < 4.78 is 21.1. The van der Waals surface area contributed by atoms with Crippen LogP contribution < -0.4 is 0 Å². The minimum atomic E-state index is 0.594. The molecule has 554 valence electrons. The monoisotopic (exact) mass is 1540 g/mol. The highest BCUT2D eigenvalue weighted by molar-refractivity contribution is 7.25. The smallest absolute Gasteiger partial charge is 0.166 e. The molecule has 7 aromatic heterocycles. The Morgan fingerprint density at radius 3 is 0.983 bits per heavy atom. The van der Waals surface area contributed by atoms with Crippen molar-refractivity contribution in [2.45, 2.75) is 0 Å². The molecule has 0 bridgehead atoms. The Hall–Kier alpha value is -15.8. The fraction of sp³-hybridized carbons (Fsp3) is 0. The van der Waals surface area contributed by atoms with Gasteiger partial charge in [-0.25, -0.2) is 29.9 Å². The van der Waals surface area contributed by atoms with Gasteiger partial charge in [0, 0.05) is 97.0 Å². The SMILES string of the molecule is c1ccc(-c2nc(-c3ccc4c(c3)sc3ccccc34)nc(-c3ccccc3-n3c4ccccc4c4c5oc6c(-c7ccccc7)cccc6c5ccc43)n2)cc1.c1ccc(-c2nc(-c3ccc4c5ccccc5c5ccccc5c4c3)nc(-c3ccccc3-n3c4ccccc4c4c5oc6c(-c7ccccc7)cccc6c5ccc43)n2)cc1. The number of hydrogen-bond acceptors (Lipinski definition) is 9. The number of rotatable bonds is 10. The van der Waals surface area contributed by atoms with Crippen LogP contribution >= 0.6 is 11.3 Å². The predicted octanol–water partition coefficient (Wildman–Crippen LogP) is 28.9. The van der Waals surface area contributed by atoms with Gasteiger partial charge in [0.25, 0.3) is 0 Å². The molecule has 0 fully saturated rings. The van der Waals surface area contributed by atoms with Crippen LogP contribution in [0.3, 0.4) is 0 Å². The number of fused-ring (bicyclic) bond motifs is 23. The topological polar surface area (TPSA) is 113 Å². The van der Waals surface area contributed by atoms with Crippen LogP contribution in [0, 0.1) is 0 Å². The lowest BCUT2D eigenvalue weighted by Gasteiger charge is -2.15. The van der Waals surface area contributed by atoms with E-state index in [1.807, 2.05) is 48.5 Å². The lowest BCUT2D eigenvalue weighted by atomic mass is 9.93. The van der Waals surface area contributed by atoms with Crippen LogP contribution in [0.1, 0.15) is 0 Å². The van der Waals surface area contributed by atoms with E-state index in [0.717, 1.165) is 154 Å². The van der Waals surface area contributed by atoms with Crippen molar-refractivity contribution in [1.29, 1.82) is 0 Å². The Morgan fingerprint density at radius 2 is 0.504 bits per heavy atom. The highest BCUT2D eigenvalue weighted by Gasteiger charge is 2.27. The van der Waals surface area contributed by atoms with Crippen molar-refractivity contribution in [2.75, 3.05) is 0 Å². The van der Waals surface area contributed by atoms with Crippen LogP contribution in [-0.2, 0) is 0 Å². The van der Waals surface area contributed by atoms with E-state index >= 15 is 0 Å². The summed E-state index contributed by atoms with van der Waals surface area (Å²) in [6.45, 7) is 0. The van der Waals surface area contributed by atoms with Crippen molar-refractivity contribution >= 4 is 151 Å². The van der Waals surface area contributed by atoms with Gasteiger partial charge in [0.1, 0.15) is 22.3 Å². The zero-order valence-electron chi connectivity index (χ0n) is 63.8. The first kappa shape index (κ1) is 67.7. The number of para-hydroxylation sites is 6. The number of aromatic nitrogens is 8. The Bertz CT molecular complexity index is 8400. The first-order chi connectivity index (χ1) is 59.0. The van der Waals surface area contributed by atoms with Crippen LogP contribution in [-0.4, -0.2) is 39.0 Å². The number of hydrogen-bond donors (Lipinski definition) is 0. The molecule has 10 nitrogen and oxygen atoms in total. The fourth-order valence-electron chi connectivity index (χ4n) is 18.1. The average Bonchev–Trinajstić information content (AvgIpc) is 1.58. The molecule has 0 saturated carbocycles. The van der Waals surface area contributed by atoms with Gasteiger partial charge in [-0.1, -0.05) is 309 Å². The lowest BCUT2D eigenvalue weighted by molar-refractivity contribution is 0.673. The second-order valence-corrected chi connectivity index (χ2v) is 31.3. The standard InChI is InChI=1S/C57H34N4O.C51H30N4OS/c1-3-16-35(17-4-1)38-26-15-27-44-45-32-33-51-52(54(45)62-53(38)44)46-24-11-13-28-49(46)61(51)50-29-14-12-25-47(50)57-59-55(36-18-5-2-6-19-36)58-56(60-57)37-30-31-43-41-22-8-7-20-39(41)40-21-9-10-23-42(40)48(43)34-37;1-3-14-31(15-4-1)34-21-13-22-37-38-28-29-43-46(48(38)56-47(34)37)39-19-7-10-23-41(39)55(43)42-24-11-8-20-40(42)51-53-49(32-16-5-2-6-17-32)52-50(54-51)33-26-27-36-35-18-9-12-25-44(35)57-45(36)30-33/h1-34H;1-30H. The third-order valence-corrected chi connectivity index (χ3v) is 24.6. The first-order valence-corrected chi connectivity index (χ1v) is 40.8. The summed E-state index contributed by atoms with van der Waals surface area (Å²) in [5, 5.41) is 18.5. The maximum Gasteiger partial charge on any atom is 0.166 e. The van der Waals surface area contributed by atoms with Crippen LogP contribution in [0.5, 0.6) is 0 Å². The predicted molar refractivity (Wildman–Crippen MR) is 492 cm³/mol. The number of thiophene rings is 1. The zero-order chi connectivity index (χ0) is 78.2. The molecule has 0 N–H and O–H groups in total. The third kappa shape index (κ3) is 11.0. The zero-order valence-corrected chi connectivity index (χ0v) is 64.6. The van der Waals surface area contributed by atoms with Gasteiger partial charge < -0.3 is 18.0 Å². The van der Waals surface area contributed by atoms with E-state index in [2.05, 4.69) is 349 Å². The molecule has 0 aliphatic carbocycles. The van der Waals surface area contributed by atoms with Crippen molar-refractivity contribution < 1.29 is 8.83 Å². The number of benzene rings is 18. The fourth-order valence-corrected chi connectivity index (χ4v) is 19.3. The molecule has 0 unspecified atom stereocenters. The minimum Gasteiger partial charge on any atom is -0.455 e. The second-order valence-electron chi connectivity index (χ2n) is 30.2. The summed E-state index contributed by atoms with van der Waals surface area (Å²) in [5.41, 5.74) is 19.6. The molecule has 25 aromatic rings. The molecule has 0 aliphatic heterocycles. The van der Waals surface area contributed by atoms with Crippen molar-refractivity contribution in [3.05, 3.63) is 388 Å². The van der Waals surface area contributed by atoms with Gasteiger partial charge in [-0.2, -0.15) is 0 Å². The number of furan rings is 2. The molecular formula is C108H64N8O2S. The van der Waals surface area contributed by atoms with E-state index in [1.165, 1.54) is 52.5 Å². The molecule has 11 heteroatoms. The average molecular weight is 1540 g/mol. The van der Waals surface area contributed by atoms with Gasteiger partial charge in [0.15, 0.2) is 34.9 Å². The van der Waals surface area contributed by atoms with Crippen molar-refractivity contribution in [1.82, 2.24) is 39.0 Å². The Morgan fingerprint density at radius 1 is 0.185 bits per heavy atom. The van der Waals surface area contributed by atoms with Crippen LogP contribution in [0.2, 0.25) is 0 Å². The van der Waals surface area contributed by atoms with Crippen molar-refractivity contribution in [2.24, 2.45) is 0 Å². The first-order valence-electron chi connectivity index (χ1n) is 40.0. The molecule has 7 heterocycles. The maximum absolute atomic E-state index is 6.99. The van der Waals surface area contributed by atoms with Gasteiger partial charge in [0.05, 0.1) is 44.2 Å². The molecule has 25 rings (SSSR count). The third-order valence-electron chi connectivity index (χ3n) is 23.5. The second kappa shape index (κ2) is 27.5. The largest absolute Gasteiger partial charge is 0.455 e. The number of nitrogens with zero attached hydrogens (tertiary/aromatic N) is 8. The van der Waals surface area contributed by atoms with E-state index in [1.54, 1.807) is 11.3 Å². The van der Waals surface area contributed by atoms with E-state index in [9.17, 15) is 0 Å².